The van der Waals surface area contributed by atoms with Gasteiger partial charge in [0.2, 0.25) is 5.91 Å². The maximum atomic E-state index is 12.4. The van der Waals surface area contributed by atoms with Gasteiger partial charge in [-0.3, -0.25) is 14.5 Å². The molecule has 0 bridgehead atoms. The van der Waals surface area contributed by atoms with E-state index in [1.54, 1.807) is 22.8 Å². The molecule has 0 saturated carbocycles. The highest BCUT2D eigenvalue weighted by Crippen LogP contribution is 2.16. The van der Waals surface area contributed by atoms with Crippen molar-refractivity contribution in [1.82, 2.24) is 20.0 Å². The normalized spacial score (nSPS) is 15.5. The van der Waals surface area contributed by atoms with Gasteiger partial charge in [0, 0.05) is 39.9 Å². The highest BCUT2D eigenvalue weighted by Gasteiger charge is 2.27. The Labute approximate surface area is 161 Å². The molecule has 2 rings (SSSR count). The predicted octanol–water partition coefficient (Wildman–Crippen LogP) is 1.84. The molecule has 1 amide bonds. The Kier molecular flexibility index (Phi) is 9.09. The van der Waals surface area contributed by atoms with Crippen LogP contribution in [0.2, 0.25) is 0 Å². The van der Waals surface area contributed by atoms with Crippen LogP contribution in [0.25, 0.3) is 0 Å². The fraction of sp³-hybridized carbons (Fsp3) is 0.688. The highest BCUT2D eigenvalue weighted by atomic mass is 127. The molecule has 24 heavy (non-hydrogen) atoms. The minimum absolute atomic E-state index is 0. The van der Waals surface area contributed by atoms with Crippen LogP contribution in [0, 0.1) is 0 Å². The van der Waals surface area contributed by atoms with Crippen LogP contribution in [0.5, 0.6) is 0 Å². The van der Waals surface area contributed by atoms with Gasteiger partial charge < -0.3 is 15.1 Å². The van der Waals surface area contributed by atoms with E-state index < -0.39 is 0 Å². The number of nitrogens with one attached hydrogen (secondary N) is 1. The molecule has 1 saturated heterocycles. The number of anilines is 1. The van der Waals surface area contributed by atoms with Crippen molar-refractivity contribution >= 4 is 41.5 Å². The first-order valence-electron chi connectivity index (χ1n) is 8.40. The maximum Gasteiger partial charge on any atom is 0.246 e. The van der Waals surface area contributed by atoms with Crippen molar-refractivity contribution in [2.45, 2.75) is 32.6 Å². The summed E-state index contributed by atoms with van der Waals surface area (Å²) >= 11 is 0. The summed E-state index contributed by atoms with van der Waals surface area (Å²) in [5.74, 6) is 0.902. The number of unbranched alkanes of at least 4 members (excludes halogenated alkanes) is 3. The number of rotatable bonds is 6. The van der Waals surface area contributed by atoms with Crippen molar-refractivity contribution in [1.29, 1.82) is 0 Å². The van der Waals surface area contributed by atoms with Gasteiger partial charge in [0.1, 0.15) is 6.54 Å². The summed E-state index contributed by atoms with van der Waals surface area (Å²) in [5.41, 5.74) is 0.861. The third kappa shape index (κ3) is 5.64. The largest absolute Gasteiger partial charge is 0.356 e. The van der Waals surface area contributed by atoms with E-state index in [-0.39, 0.29) is 29.9 Å². The van der Waals surface area contributed by atoms with Gasteiger partial charge >= 0.3 is 0 Å². The number of halogens is 1. The number of aromatic nitrogens is 2. The molecule has 1 aromatic rings. The molecule has 0 aromatic carbocycles. The minimum atomic E-state index is 0. The summed E-state index contributed by atoms with van der Waals surface area (Å²) < 4.78 is 1.71. The molecule has 136 valence electrons. The molecule has 1 N–H and O–H groups in total. The molecule has 1 aliphatic rings. The summed E-state index contributed by atoms with van der Waals surface area (Å²) in [7, 11) is 3.63. The Morgan fingerprint density at radius 3 is 2.71 bits per heavy atom. The molecule has 1 fully saturated rings. The molecule has 0 unspecified atom stereocenters. The van der Waals surface area contributed by atoms with Crippen LogP contribution in [-0.2, 0) is 11.8 Å². The van der Waals surface area contributed by atoms with Crippen molar-refractivity contribution in [3.05, 3.63) is 12.4 Å². The van der Waals surface area contributed by atoms with Crippen LogP contribution in [0.15, 0.2) is 17.4 Å². The molecule has 2 heterocycles. The quantitative estimate of drug-likeness (QED) is 0.312. The second-order valence-electron chi connectivity index (χ2n) is 5.87. The zero-order valence-electron chi connectivity index (χ0n) is 14.9. The molecule has 0 radical (unpaired) electrons. The third-order valence-corrected chi connectivity index (χ3v) is 4.05. The van der Waals surface area contributed by atoms with E-state index in [1.165, 1.54) is 19.3 Å². The van der Waals surface area contributed by atoms with E-state index >= 15 is 0 Å². The van der Waals surface area contributed by atoms with Gasteiger partial charge in [-0.2, -0.15) is 5.10 Å². The van der Waals surface area contributed by atoms with Crippen LogP contribution in [0.1, 0.15) is 32.6 Å². The number of carbonyl (C=O) groups is 1. The highest BCUT2D eigenvalue weighted by molar-refractivity contribution is 14.0. The maximum absolute atomic E-state index is 12.4. The van der Waals surface area contributed by atoms with E-state index in [9.17, 15) is 4.79 Å². The van der Waals surface area contributed by atoms with Crippen molar-refractivity contribution in [2.24, 2.45) is 12.0 Å². The first-order chi connectivity index (χ1) is 11.2. The number of carbonyl (C=O) groups excluding carboxylic acids is 1. The number of hydrogen-bond donors (Lipinski definition) is 1. The molecule has 1 aromatic heterocycles. The molecule has 0 aliphatic carbocycles. The van der Waals surface area contributed by atoms with Gasteiger partial charge in [-0.15, -0.1) is 24.0 Å². The Hall–Kier alpha value is -1.32. The van der Waals surface area contributed by atoms with Crippen LogP contribution in [0.4, 0.5) is 5.69 Å². The predicted molar refractivity (Wildman–Crippen MR) is 108 cm³/mol. The smallest absolute Gasteiger partial charge is 0.246 e. The van der Waals surface area contributed by atoms with Gasteiger partial charge in [-0.05, 0) is 6.42 Å². The first kappa shape index (κ1) is 20.7. The standard InChI is InChI=1S/C16H28N6O.HI/c1-4-5-6-7-8-18-16(17-2)21-9-10-22(15(23)13-21)14-11-19-20(3)12-14;/h11-12H,4-10,13H2,1-3H3,(H,17,18);1H. The Balaban J connectivity index is 0.00000288. The lowest BCUT2D eigenvalue weighted by atomic mass is 10.2. The number of piperazine rings is 1. The van der Waals surface area contributed by atoms with Crippen molar-refractivity contribution < 1.29 is 4.79 Å². The molecule has 8 heteroatoms. The second kappa shape index (κ2) is 10.5. The SMILES string of the molecule is CCCCCCNC(=NC)N1CCN(c2cnn(C)c2)C(=O)C1.I. The van der Waals surface area contributed by atoms with Crippen LogP contribution >= 0.6 is 24.0 Å². The van der Waals surface area contributed by atoms with Crippen LogP contribution in [-0.4, -0.2) is 59.8 Å². The van der Waals surface area contributed by atoms with Crippen molar-refractivity contribution in [3.8, 4) is 0 Å². The lowest BCUT2D eigenvalue weighted by Gasteiger charge is -2.35. The number of nitrogens with zero attached hydrogens (tertiary/aromatic N) is 5. The van der Waals surface area contributed by atoms with E-state index in [2.05, 4.69) is 22.3 Å². The fourth-order valence-corrected chi connectivity index (χ4v) is 2.76. The summed E-state index contributed by atoms with van der Waals surface area (Å²) in [6.45, 7) is 4.89. The number of aliphatic imine (C=N–C) groups is 1. The zero-order chi connectivity index (χ0) is 16.7. The van der Waals surface area contributed by atoms with Gasteiger partial charge in [-0.25, -0.2) is 0 Å². The molecular weight excluding hydrogens is 419 g/mol. The topological polar surface area (TPSA) is 65.8 Å². The number of hydrogen-bond acceptors (Lipinski definition) is 3. The van der Waals surface area contributed by atoms with E-state index in [4.69, 9.17) is 0 Å². The number of aryl methyl sites for hydroxylation is 1. The summed E-state index contributed by atoms with van der Waals surface area (Å²) in [6.07, 6.45) is 8.47. The monoisotopic (exact) mass is 448 g/mol. The second-order valence-corrected chi connectivity index (χ2v) is 5.87. The first-order valence-corrected chi connectivity index (χ1v) is 8.40. The lowest BCUT2D eigenvalue weighted by Crippen LogP contribution is -2.55. The zero-order valence-corrected chi connectivity index (χ0v) is 17.2. The van der Waals surface area contributed by atoms with E-state index in [0.29, 0.717) is 13.1 Å². The minimum Gasteiger partial charge on any atom is -0.356 e. The average Bonchev–Trinajstić information content (AvgIpc) is 2.97. The van der Waals surface area contributed by atoms with E-state index in [1.807, 2.05) is 18.1 Å². The van der Waals surface area contributed by atoms with Gasteiger partial charge in [-0.1, -0.05) is 26.2 Å². The molecule has 0 spiro atoms. The molecular formula is C16H29IN6O. The lowest BCUT2D eigenvalue weighted by molar-refractivity contribution is -0.120. The van der Waals surface area contributed by atoms with Gasteiger partial charge in [0.05, 0.1) is 11.9 Å². The van der Waals surface area contributed by atoms with Crippen LogP contribution < -0.4 is 10.2 Å². The number of guanidine groups is 1. The third-order valence-electron chi connectivity index (χ3n) is 4.05. The molecule has 0 atom stereocenters. The molecule has 1 aliphatic heterocycles. The Morgan fingerprint density at radius 1 is 1.33 bits per heavy atom. The number of amides is 1. The summed E-state index contributed by atoms with van der Waals surface area (Å²) in [5, 5.41) is 7.50. The Morgan fingerprint density at radius 2 is 2.12 bits per heavy atom. The average molecular weight is 448 g/mol. The summed E-state index contributed by atoms with van der Waals surface area (Å²) in [4.78, 5) is 20.5. The van der Waals surface area contributed by atoms with Crippen molar-refractivity contribution in [3.63, 3.8) is 0 Å². The van der Waals surface area contributed by atoms with Crippen LogP contribution in [0.3, 0.4) is 0 Å². The van der Waals surface area contributed by atoms with Gasteiger partial charge in [0.25, 0.3) is 0 Å². The van der Waals surface area contributed by atoms with Crippen molar-refractivity contribution in [2.75, 3.05) is 38.1 Å². The van der Waals surface area contributed by atoms with E-state index in [0.717, 1.165) is 31.2 Å². The van der Waals surface area contributed by atoms with Gasteiger partial charge in [0.15, 0.2) is 5.96 Å². The fourth-order valence-electron chi connectivity index (χ4n) is 2.76. The Bertz CT molecular complexity index is 544. The molecule has 7 nitrogen and oxygen atoms in total. The summed E-state index contributed by atoms with van der Waals surface area (Å²) in [6, 6.07) is 0.